The van der Waals surface area contributed by atoms with Crippen molar-refractivity contribution in [3.63, 3.8) is 0 Å². The number of fused-ring (bicyclic) bond motifs is 5. The van der Waals surface area contributed by atoms with Crippen molar-refractivity contribution in [3.8, 4) is 0 Å². The average Bonchev–Trinajstić information content (AvgIpc) is 3.05. The molecule has 4 fully saturated rings. The summed E-state index contributed by atoms with van der Waals surface area (Å²) in [5.41, 5.74) is 0.626. The Morgan fingerprint density at radius 3 is 2.35 bits per heavy atom. The maximum absolute atomic E-state index is 12.5. The Hall–Kier alpha value is -0.710. The second-order valence-corrected chi connectivity index (χ2v) is 13.5. The van der Waals surface area contributed by atoms with Crippen LogP contribution in [0.25, 0.3) is 0 Å². The molecular weight excluding hydrogens is 404 g/mol. The Balaban J connectivity index is 1.56. The van der Waals surface area contributed by atoms with Gasteiger partial charge in [0.15, 0.2) is 0 Å². The number of amides is 2. The molecule has 1 aliphatic heterocycles. The maximum atomic E-state index is 12.5. The Morgan fingerprint density at radius 2 is 1.71 bits per heavy atom. The first kappa shape index (κ1) is 23.4. The lowest BCUT2D eigenvalue weighted by Gasteiger charge is -2.62. The quantitative estimate of drug-likeness (QED) is 0.513. The van der Waals surface area contributed by atoms with E-state index in [1.807, 2.05) is 7.05 Å². The van der Waals surface area contributed by atoms with Gasteiger partial charge < -0.3 is 4.90 Å². The third-order valence-electron chi connectivity index (χ3n) is 10.2. The maximum Gasteiger partial charge on any atom is 0.229 e. The highest BCUT2D eigenvalue weighted by Gasteiger charge is 2.62. The average molecular weight is 449 g/mol. The van der Waals surface area contributed by atoms with Gasteiger partial charge in [0.25, 0.3) is 0 Å². The molecule has 0 radical (unpaired) electrons. The first-order valence-corrected chi connectivity index (χ1v) is 13.6. The van der Waals surface area contributed by atoms with Gasteiger partial charge in [0.2, 0.25) is 11.8 Å². The largest absolute Gasteiger partial charge is 0.342 e. The van der Waals surface area contributed by atoms with Crippen LogP contribution in [0.15, 0.2) is 0 Å². The van der Waals surface area contributed by atoms with Gasteiger partial charge in [0.1, 0.15) is 0 Å². The molecule has 176 valence electrons. The van der Waals surface area contributed by atoms with Crippen LogP contribution < -0.4 is 0 Å². The number of carbonyl (C=O) groups excluding carboxylic acids is 2. The topological polar surface area (TPSA) is 40.6 Å². The molecule has 31 heavy (non-hydrogen) atoms. The van der Waals surface area contributed by atoms with E-state index >= 15 is 0 Å². The summed E-state index contributed by atoms with van der Waals surface area (Å²) in [6.45, 7) is 13.5. The van der Waals surface area contributed by atoms with Gasteiger partial charge in [0.05, 0.1) is 0 Å². The van der Waals surface area contributed by atoms with E-state index in [-0.39, 0.29) is 11.3 Å². The van der Waals surface area contributed by atoms with E-state index in [1.54, 1.807) is 18.9 Å². The zero-order chi connectivity index (χ0) is 22.7. The number of carbonyl (C=O) groups is 2. The van der Waals surface area contributed by atoms with Crippen LogP contribution in [0, 0.1) is 34.5 Å². The van der Waals surface area contributed by atoms with Crippen LogP contribution in [-0.4, -0.2) is 45.4 Å². The van der Waals surface area contributed by atoms with E-state index in [9.17, 15) is 9.59 Å². The first-order chi connectivity index (χ1) is 14.5. The van der Waals surface area contributed by atoms with E-state index in [0.29, 0.717) is 34.6 Å². The molecule has 4 rings (SSSR count). The fraction of sp³-hybridized carbons (Fsp3) is 0.923. The van der Waals surface area contributed by atoms with Crippen molar-refractivity contribution in [2.24, 2.45) is 34.5 Å². The molecule has 0 aromatic heterocycles. The fourth-order valence-electron chi connectivity index (χ4n) is 8.83. The van der Waals surface area contributed by atoms with Crippen molar-refractivity contribution in [1.29, 1.82) is 0 Å². The molecule has 1 heterocycles. The lowest BCUT2D eigenvalue weighted by Crippen LogP contribution is -2.61. The van der Waals surface area contributed by atoms with Crippen molar-refractivity contribution in [2.75, 3.05) is 7.05 Å². The lowest BCUT2D eigenvalue weighted by atomic mass is 9.46. The highest BCUT2D eigenvalue weighted by molar-refractivity contribution is 7.98. The van der Waals surface area contributed by atoms with Crippen LogP contribution >= 0.6 is 11.9 Å². The van der Waals surface area contributed by atoms with Gasteiger partial charge >= 0.3 is 0 Å². The molecule has 2 amide bonds. The molecule has 3 aliphatic carbocycles. The molecule has 1 unspecified atom stereocenters. The van der Waals surface area contributed by atoms with E-state index < -0.39 is 0 Å². The van der Waals surface area contributed by atoms with Crippen molar-refractivity contribution < 1.29 is 9.59 Å². The Labute approximate surface area is 194 Å². The van der Waals surface area contributed by atoms with Gasteiger partial charge in [-0.3, -0.25) is 13.9 Å². The zero-order valence-electron chi connectivity index (χ0n) is 20.8. The third kappa shape index (κ3) is 3.65. The van der Waals surface area contributed by atoms with Crippen LogP contribution in [0.3, 0.4) is 0 Å². The summed E-state index contributed by atoms with van der Waals surface area (Å²) in [7, 11) is 2.05. The first-order valence-electron chi connectivity index (χ1n) is 12.7. The summed E-state index contributed by atoms with van der Waals surface area (Å²) in [6, 6.07) is 0.730. The van der Waals surface area contributed by atoms with Crippen LogP contribution in [0.4, 0.5) is 0 Å². The highest BCUT2D eigenvalue weighted by atomic mass is 32.2. The molecule has 0 spiro atoms. The smallest absolute Gasteiger partial charge is 0.229 e. The van der Waals surface area contributed by atoms with Gasteiger partial charge in [-0.25, -0.2) is 0 Å². The molecule has 0 aromatic rings. The number of hydrogen-bond donors (Lipinski definition) is 0. The summed E-state index contributed by atoms with van der Waals surface area (Å²) in [4.78, 5) is 27.0. The normalized spacial score (nSPS) is 43.3. The standard InChI is InChI=1S/C26H44N2O2S/c1-16(2)31-28(18(4)29)17(3)20-9-10-21-19-8-11-23-26(6,15-13-24(30)27(23)7)22(19)12-14-25(20,21)5/h16-17,19-23H,8-15H2,1-7H3/t17?,19-,20+,21-,22-,23+,25+,26+/m0/s1. The number of piperidine rings is 1. The molecule has 4 nitrogen and oxygen atoms in total. The highest BCUT2D eigenvalue weighted by Crippen LogP contribution is 2.66. The van der Waals surface area contributed by atoms with Crippen LogP contribution in [0.2, 0.25) is 0 Å². The molecule has 5 heteroatoms. The molecule has 3 saturated carbocycles. The van der Waals surface area contributed by atoms with E-state index in [4.69, 9.17) is 0 Å². The molecule has 4 aliphatic rings. The number of rotatable bonds is 4. The van der Waals surface area contributed by atoms with Gasteiger partial charge in [-0.05, 0) is 98.3 Å². The van der Waals surface area contributed by atoms with Crippen molar-refractivity contribution in [3.05, 3.63) is 0 Å². The monoisotopic (exact) mass is 448 g/mol. The van der Waals surface area contributed by atoms with Gasteiger partial charge in [-0.15, -0.1) is 0 Å². The molecular formula is C26H44N2O2S. The van der Waals surface area contributed by atoms with Gasteiger partial charge in [-0.1, -0.05) is 27.7 Å². The van der Waals surface area contributed by atoms with E-state index in [0.717, 1.165) is 30.6 Å². The molecule has 0 aromatic carbocycles. The van der Waals surface area contributed by atoms with Crippen LogP contribution in [0.1, 0.15) is 92.9 Å². The second kappa shape index (κ2) is 8.25. The summed E-state index contributed by atoms with van der Waals surface area (Å²) in [5, 5.41) is 0.424. The molecule has 0 bridgehead atoms. The molecule has 0 N–H and O–H groups in total. The second-order valence-electron chi connectivity index (χ2n) is 11.9. The minimum atomic E-state index is 0.204. The third-order valence-corrected chi connectivity index (χ3v) is 11.5. The van der Waals surface area contributed by atoms with E-state index in [2.05, 4.69) is 43.8 Å². The minimum Gasteiger partial charge on any atom is -0.342 e. The summed E-state index contributed by atoms with van der Waals surface area (Å²) in [6.07, 6.45) is 9.42. The number of hydrogen-bond acceptors (Lipinski definition) is 3. The molecule has 1 saturated heterocycles. The van der Waals surface area contributed by atoms with Crippen LogP contribution in [-0.2, 0) is 9.59 Å². The number of likely N-dealkylation sites (tertiary alicyclic amines) is 1. The Morgan fingerprint density at radius 1 is 1.03 bits per heavy atom. The van der Waals surface area contributed by atoms with Gasteiger partial charge in [-0.2, -0.15) is 0 Å². The van der Waals surface area contributed by atoms with Crippen molar-refractivity contribution in [1.82, 2.24) is 9.21 Å². The fourth-order valence-corrected chi connectivity index (χ4v) is 9.77. The van der Waals surface area contributed by atoms with E-state index in [1.165, 1.54) is 38.5 Å². The predicted molar refractivity (Wildman–Crippen MR) is 128 cm³/mol. The minimum absolute atomic E-state index is 0.204. The SMILES string of the molecule is CC(=O)N(SC(C)C)C(C)[C@H]1CC[C@H]2[C@@H]3CC[C@H]4N(C)C(=O)CC[C@]4(C)[C@H]3CC[C@]12C. The Bertz CT molecular complexity index is 726. The van der Waals surface area contributed by atoms with Crippen LogP contribution in [0.5, 0.6) is 0 Å². The van der Waals surface area contributed by atoms with Gasteiger partial charge in [0, 0.05) is 37.7 Å². The zero-order valence-corrected chi connectivity index (χ0v) is 21.6. The lowest BCUT2D eigenvalue weighted by molar-refractivity contribution is -0.159. The summed E-state index contributed by atoms with van der Waals surface area (Å²) < 4.78 is 2.09. The summed E-state index contributed by atoms with van der Waals surface area (Å²) in [5.74, 6) is 3.47. The van der Waals surface area contributed by atoms with Crippen molar-refractivity contribution in [2.45, 2.75) is 110 Å². The van der Waals surface area contributed by atoms with Crippen molar-refractivity contribution >= 4 is 23.8 Å². The number of nitrogens with zero attached hydrogens (tertiary/aromatic N) is 2. The summed E-state index contributed by atoms with van der Waals surface area (Å²) >= 11 is 1.72. The molecule has 8 atom stereocenters. The Kier molecular flexibility index (Phi) is 6.24. The predicted octanol–water partition coefficient (Wildman–Crippen LogP) is 5.76.